The summed E-state index contributed by atoms with van der Waals surface area (Å²) >= 11 is 1.69. The Morgan fingerprint density at radius 3 is 2.82 bits per heavy atom. The van der Waals surface area contributed by atoms with E-state index in [1.165, 1.54) is 10.3 Å². The smallest absolute Gasteiger partial charge is 0.241 e. The van der Waals surface area contributed by atoms with Gasteiger partial charge >= 0.3 is 0 Å². The van der Waals surface area contributed by atoms with Gasteiger partial charge in [0.25, 0.3) is 0 Å². The Labute approximate surface area is 169 Å². The highest BCUT2D eigenvalue weighted by molar-refractivity contribution is 7.21. The molecule has 0 saturated carbocycles. The summed E-state index contributed by atoms with van der Waals surface area (Å²) in [5.74, 6) is 0.0114. The van der Waals surface area contributed by atoms with Gasteiger partial charge in [0.05, 0.1) is 29.0 Å². The first-order chi connectivity index (χ1) is 13.5. The van der Waals surface area contributed by atoms with E-state index in [2.05, 4.69) is 35.3 Å². The number of rotatable bonds is 4. The number of fused-ring (bicyclic) bond motifs is 1. The average molecular weight is 396 g/mol. The molecule has 1 amide bonds. The number of ether oxygens (including phenoxy) is 1. The van der Waals surface area contributed by atoms with Crippen LogP contribution in [0.2, 0.25) is 0 Å². The molecule has 0 radical (unpaired) electrons. The average Bonchev–Trinajstić information content (AvgIpc) is 3.11. The zero-order valence-electron chi connectivity index (χ0n) is 16.4. The number of aromatic nitrogens is 1. The van der Waals surface area contributed by atoms with Crippen molar-refractivity contribution in [1.82, 2.24) is 9.88 Å². The quantitative estimate of drug-likeness (QED) is 0.715. The summed E-state index contributed by atoms with van der Waals surface area (Å²) in [7, 11) is 0. The highest BCUT2D eigenvalue weighted by Crippen LogP contribution is 2.31. The number of morpholine rings is 1. The molecule has 1 fully saturated rings. The minimum atomic E-state index is -0.182. The van der Waals surface area contributed by atoms with Crippen molar-refractivity contribution in [1.29, 1.82) is 0 Å². The number of anilines is 1. The third-order valence-corrected chi connectivity index (χ3v) is 6.21. The van der Waals surface area contributed by atoms with Crippen LogP contribution >= 0.6 is 11.3 Å². The van der Waals surface area contributed by atoms with Gasteiger partial charge in [-0.3, -0.25) is 9.69 Å². The van der Waals surface area contributed by atoms with E-state index in [-0.39, 0.29) is 18.1 Å². The first-order valence-corrected chi connectivity index (χ1v) is 10.5. The first-order valence-electron chi connectivity index (χ1n) is 9.64. The van der Waals surface area contributed by atoms with E-state index in [1.54, 1.807) is 11.3 Å². The van der Waals surface area contributed by atoms with Crippen molar-refractivity contribution in [2.45, 2.75) is 32.9 Å². The van der Waals surface area contributed by atoms with E-state index in [9.17, 15) is 4.79 Å². The molecule has 3 aromatic rings. The van der Waals surface area contributed by atoms with Crippen molar-refractivity contribution in [2.75, 3.05) is 25.0 Å². The largest absolute Gasteiger partial charge is 0.376 e. The van der Waals surface area contributed by atoms with E-state index >= 15 is 0 Å². The molecule has 5 nitrogen and oxygen atoms in total. The highest BCUT2D eigenvalue weighted by atomic mass is 32.1. The Hall–Kier alpha value is -2.28. The van der Waals surface area contributed by atoms with Crippen LogP contribution in [0.15, 0.2) is 42.5 Å². The predicted molar refractivity (Wildman–Crippen MR) is 115 cm³/mol. The molecule has 0 unspecified atom stereocenters. The number of hydrogen-bond donors (Lipinski definition) is 1. The fourth-order valence-corrected chi connectivity index (χ4v) is 4.53. The topological polar surface area (TPSA) is 54.5 Å². The van der Waals surface area contributed by atoms with E-state index in [1.807, 2.05) is 38.1 Å². The molecule has 0 aliphatic carbocycles. The molecule has 28 heavy (non-hydrogen) atoms. The third-order valence-electron chi connectivity index (χ3n) is 5.14. The van der Waals surface area contributed by atoms with Crippen LogP contribution in [0.25, 0.3) is 20.8 Å². The van der Waals surface area contributed by atoms with Crippen LogP contribution in [-0.2, 0) is 9.53 Å². The van der Waals surface area contributed by atoms with E-state index in [0.29, 0.717) is 6.61 Å². The lowest BCUT2D eigenvalue weighted by Crippen LogP contribution is -2.50. The Bertz CT molecular complexity index is 983. The van der Waals surface area contributed by atoms with Crippen LogP contribution in [0.4, 0.5) is 5.69 Å². The van der Waals surface area contributed by atoms with Gasteiger partial charge < -0.3 is 10.1 Å². The SMILES string of the molecule is Cc1ccc2nc(-c3ccc(NC(=O)[C@@H](C)N4CCO[C@H](C)C4)cc3)sc2c1. The number of thiazole rings is 1. The Balaban J connectivity index is 1.44. The molecule has 2 aromatic carbocycles. The third kappa shape index (κ3) is 4.09. The van der Waals surface area contributed by atoms with E-state index < -0.39 is 0 Å². The second-order valence-electron chi connectivity index (χ2n) is 7.41. The number of nitrogens with one attached hydrogen (secondary N) is 1. The van der Waals surface area contributed by atoms with Gasteiger partial charge in [0, 0.05) is 24.3 Å². The molecule has 4 rings (SSSR count). The second kappa shape index (κ2) is 7.99. The molecule has 1 aliphatic heterocycles. The van der Waals surface area contributed by atoms with Crippen molar-refractivity contribution in [3.8, 4) is 10.6 Å². The molecule has 146 valence electrons. The van der Waals surface area contributed by atoms with Crippen LogP contribution in [0.5, 0.6) is 0 Å². The maximum atomic E-state index is 12.6. The molecule has 1 aliphatic rings. The zero-order chi connectivity index (χ0) is 19.7. The number of hydrogen-bond acceptors (Lipinski definition) is 5. The van der Waals surface area contributed by atoms with Crippen molar-refractivity contribution >= 4 is 33.1 Å². The van der Waals surface area contributed by atoms with Crippen LogP contribution < -0.4 is 5.32 Å². The van der Waals surface area contributed by atoms with Crippen molar-refractivity contribution in [3.05, 3.63) is 48.0 Å². The lowest BCUT2D eigenvalue weighted by Gasteiger charge is -2.34. The lowest BCUT2D eigenvalue weighted by molar-refractivity contribution is -0.123. The van der Waals surface area contributed by atoms with Gasteiger partial charge in [-0.25, -0.2) is 4.98 Å². The highest BCUT2D eigenvalue weighted by Gasteiger charge is 2.26. The molecule has 6 heteroatoms. The summed E-state index contributed by atoms with van der Waals surface area (Å²) < 4.78 is 6.76. The molecular formula is C22H25N3O2S. The van der Waals surface area contributed by atoms with Gasteiger partial charge in [-0.15, -0.1) is 11.3 Å². The van der Waals surface area contributed by atoms with Crippen LogP contribution in [0, 0.1) is 6.92 Å². The fourth-order valence-electron chi connectivity index (χ4n) is 3.46. The van der Waals surface area contributed by atoms with Crippen LogP contribution in [0.1, 0.15) is 19.4 Å². The molecule has 0 bridgehead atoms. The minimum absolute atomic E-state index is 0.0114. The number of aryl methyl sites for hydroxylation is 1. The normalized spacial score (nSPS) is 18.9. The number of carbonyl (C=O) groups is 1. The van der Waals surface area contributed by atoms with Crippen molar-refractivity contribution in [3.63, 3.8) is 0 Å². The van der Waals surface area contributed by atoms with Crippen LogP contribution in [0.3, 0.4) is 0 Å². The monoisotopic (exact) mass is 395 g/mol. The van der Waals surface area contributed by atoms with E-state index in [0.717, 1.165) is 34.9 Å². The molecule has 2 heterocycles. The Morgan fingerprint density at radius 1 is 1.29 bits per heavy atom. The molecule has 2 atom stereocenters. The predicted octanol–water partition coefficient (Wildman–Crippen LogP) is 4.32. The Kier molecular flexibility index (Phi) is 5.44. The minimum Gasteiger partial charge on any atom is -0.376 e. The van der Waals surface area contributed by atoms with Gasteiger partial charge in [0.15, 0.2) is 0 Å². The van der Waals surface area contributed by atoms with Gasteiger partial charge in [0.2, 0.25) is 5.91 Å². The fraction of sp³-hybridized carbons (Fsp3) is 0.364. The summed E-state index contributed by atoms with van der Waals surface area (Å²) in [5, 5.41) is 4.02. The standard InChI is InChI=1S/C22H25N3O2S/c1-14-4-9-19-20(12-14)28-22(24-19)17-5-7-18(8-6-17)23-21(26)16(3)25-10-11-27-15(2)13-25/h4-9,12,15-16H,10-11,13H2,1-3H3,(H,23,26)/t15-,16-/m1/s1. The molecule has 1 saturated heterocycles. The lowest BCUT2D eigenvalue weighted by atomic mass is 10.2. The maximum absolute atomic E-state index is 12.6. The summed E-state index contributed by atoms with van der Waals surface area (Å²) in [6.45, 7) is 8.33. The van der Waals surface area contributed by atoms with Crippen molar-refractivity contribution in [2.24, 2.45) is 0 Å². The molecule has 0 spiro atoms. The Morgan fingerprint density at radius 2 is 2.07 bits per heavy atom. The summed E-state index contributed by atoms with van der Waals surface area (Å²) in [6.07, 6.45) is 0.167. The second-order valence-corrected chi connectivity index (χ2v) is 8.44. The van der Waals surface area contributed by atoms with Gasteiger partial charge in [0.1, 0.15) is 5.01 Å². The number of benzene rings is 2. The summed E-state index contributed by atoms with van der Waals surface area (Å²) in [4.78, 5) is 19.5. The molecule has 1 aromatic heterocycles. The van der Waals surface area contributed by atoms with Gasteiger partial charge in [-0.1, -0.05) is 6.07 Å². The molecule has 1 N–H and O–H groups in total. The number of carbonyl (C=O) groups excluding carboxylic acids is 1. The van der Waals surface area contributed by atoms with E-state index in [4.69, 9.17) is 9.72 Å². The first kappa shape index (κ1) is 19.1. The van der Waals surface area contributed by atoms with Gasteiger partial charge in [-0.2, -0.15) is 0 Å². The van der Waals surface area contributed by atoms with Crippen molar-refractivity contribution < 1.29 is 9.53 Å². The van der Waals surface area contributed by atoms with Gasteiger partial charge in [-0.05, 0) is 62.7 Å². The summed E-state index contributed by atoms with van der Waals surface area (Å²) in [5.41, 5.74) is 4.13. The maximum Gasteiger partial charge on any atom is 0.241 e. The summed E-state index contributed by atoms with van der Waals surface area (Å²) in [6, 6.07) is 14.0. The zero-order valence-corrected chi connectivity index (χ0v) is 17.3. The molecular weight excluding hydrogens is 370 g/mol. The number of amides is 1. The number of nitrogens with zero attached hydrogens (tertiary/aromatic N) is 2. The van der Waals surface area contributed by atoms with Crippen LogP contribution in [-0.4, -0.2) is 47.6 Å².